The van der Waals surface area contributed by atoms with Gasteiger partial charge in [-0.25, -0.2) is 4.99 Å². The Hall–Kier alpha value is -3.21. The number of alkyl halides is 6. The van der Waals surface area contributed by atoms with Crippen LogP contribution in [0.5, 0.6) is 0 Å². The summed E-state index contributed by atoms with van der Waals surface area (Å²) in [5, 5.41) is 6.38. The summed E-state index contributed by atoms with van der Waals surface area (Å²) in [6.07, 6.45) is 0.570. The molecular weight excluding hydrogens is 496 g/mol. The molecule has 0 aromatic heterocycles. The largest absolute Gasteiger partial charge is 0.416 e. The van der Waals surface area contributed by atoms with E-state index in [-0.39, 0.29) is 30.3 Å². The first kappa shape index (κ1) is 28.4. The summed E-state index contributed by atoms with van der Waals surface area (Å²) >= 11 is 0. The Morgan fingerprint density at radius 2 is 1.62 bits per heavy atom. The van der Waals surface area contributed by atoms with E-state index in [0.717, 1.165) is 24.5 Å². The summed E-state index contributed by atoms with van der Waals surface area (Å²) in [6, 6.07) is 1.80. The zero-order valence-corrected chi connectivity index (χ0v) is 20.7. The second-order valence-corrected chi connectivity index (χ2v) is 9.30. The molecule has 0 radical (unpaired) electrons. The number of nitrogens with one attached hydrogen (secondary N) is 2. The molecule has 0 bridgehead atoms. The molecule has 0 amide bonds. The number of hydrogen-bond donors (Lipinski definition) is 3. The van der Waals surface area contributed by atoms with Gasteiger partial charge in [0.2, 0.25) is 0 Å². The van der Waals surface area contributed by atoms with Gasteiger partial charge in [0.25, 0.3) is 0 Å². The van der Waals surface area contributed by atoms with Crippen LogP contribution in [-0.4, -0.2) is 36.8 Å². The summed E-state index contributed by atoms with van der Waals surface area (Å²) in [6.45, 7) is 3.83. The Bertz CT molecular complexity index is 1100. The molecule has 0 saturated heterocycles. The number of hydrogen-bond acceptors (Lipinski definition) is 5. The lowest BCUT2D eigenvalue weighted by atomic mass is 9.91. The van der Waals surface area contributed by atoms with Gasteiger partial charge < -0.3 is 21.3 Å². The van der Waals surface area contributed by atoms with E-state index in [0.29, 0.717) is 36.3 Å². The predicted molar refractivity (Wildman–Crippen MR) is 132 cm³/mol. The van der Waals surface area contributed by atoms with E-state index in [4.69, 9.17) is 5.73 Å². The number of benzene rings is 1. The number of halogens is 6. The molecule has 3 rings (SSSR count). The highest BCUT2D eigenvalue weighted by atomic mass is 19.4. The highest BCUT2D eigenvalue weighted by molar-refractivity contribution is 6.12. The second-order valence-electron chi connectivity index (χ2n) is 9.30. The maximum atomic E-state index is 13.4. The average Bonchev–Trinajstić information content (AvgIpc) is 2.82. The Morgan fingerprint density at radius 3 is 2.22 bits per heavy atom. The van der Waals surface area contributed by atoms with Crippen molar-refractivity contribution in [1.82, 2.24) is 15.5 Å². The van der Waals surface area contributed by atoms with Crippen LogP contribution >= 0.6 is 0 Å². The molecule has 202 valence electrons. The minimum atomic E-state index is -4.88. The lowest BCUT2D eigenvalue weighted by Gasteiger charge is -2.30. The molecule has 2 aliphatic rings. The van der Waals surface area contributed by atoms with Gasteiger partial charge in [0.05, 0.1) is 16.8 Å². The van der Waals surface area contributed by atoms with Gasteiger partial charge in [-0.05, 0) is 55.5 Å². The molecule has 5 nitrogen and oxygen atoms in total. The van der Waals surface area contributed by atoms with Crippen molar-refractivity contribution in [2.75, 3.05) is 14.1 Å². The molecule has 0 atom stereocenters. The quantitative estimate of drug-likeness (QED) is 0.411. The van der Waals surface area contributed by atoms with E-state index in [2.05, 4.69) is 22.2 Å². The SMILES string of the molecule is C=C(/N=C1/C=CC=C/C1=C(/N)N(C)C)N[C@H]1CC[C@@H](NCc2ccc(C(F)(F)F)cc2C(F)(F)F)CC1. The molecule has 1 aromatic rings. The third-order valence-electron chi connectivity index (χ3n) is 6.34. The molecule has 2 aliphatic carbocycles. The number of allylic oxidation sites excluding steroid dienone is 5. The van der Waals surface area contributed by atoms with Crippen LogP contribution in [0, 0.1) is 0 Å². The third kappa shape index (κ3) is 7.64. The van der Waals surface area contributed by atoms with Crippen LogP contribution in [0.3, 0.4) is 0 Å². The van der Waals surface area contributed by atoms with Gasteiger partial charge in [-0.1, -0.05) is 24.8 Å². The zero-order valence-electron chi connectivity index (χ0n) is 20.7. The van der Waals surface area contributed by atoms with Crippen LogP contribution in [0.4, 0.5) is 26.3 Å². The fourth-order valence-electron chi connectivity index (χ4n) is 4.31. The summed E-state index contributed by atoms with van der Waals surface area (Å²) in [5.41, 5.74) is 4.83. The molecule has 11 heteroatoms. The fraction of sp³-hybridized carbons (Fsp3) is 0.423. The number of rotatable bonds is 7. The van der Waals surface area contributed by atoms with Gasteiger partial charge in [-0.2, -0.15) is 26.3 Å². The van der Waals surface area contributed by atoms with E-state index >= 15 is 0 Å². The van der Waals surface area contributed by atoms with Crippen molar-refractivity contribution in [3.8, 4) is 0 Å². The summed E-state index contributed by atoms with van der Waals surface area (Å²) in [4.78, 5) is 6.37. The zero-order chi connectivity index (χ0) is 27.4. The fourth-order valence-corrected chi connectivity index (χ4v) is 4.31. The molecule has 4 N–H and O–H groups in total. The Kier molecular flexibility index (Phi) is 8.78. The highest BCUT2D eigenvalue weighted by Gasteiger charge is 2.38. The van der Waals surface area contributed by atoms with Crippen molar-refractivity contribution in [2.45, 2.75) is 56.7 Å². The number of nitrogens with two attached hydrogens (primary N) is 1. The van der Waals surface area contributed by atoms with Gasteiger partial charge in [-0.3, -0.25) is 0 Å². The van der Waals surface area contributed by atoms with Gasteiger partial charge in [0.1, 0.15) is 11.6 Å². The normalized spacial score (nSPS) is 22.8. The van der Waals surface area contributed by atoms with Gasteiger partial charge in [0.15, 0.2) is 0 Å². The number of aliphatic imine (C=N–C) groups is 1. The van der Waals surface area contributed by atoms with E-state index in [1.807, 2.05) is 38.4 Å². The topological polar surface area (TPSA) is 65.7 Å². The Morgan fingerprint density at radius 1 is 1.00 bits per heavy atom. The molecule has 0 unspecified atom stereocenters. The van der Waals surface area contributed by atoms with E-state index in [9.17, 15) is 26.3 Å². The molecule has 1 aromatic carbocycles. The van der Waals surface area contributed by atoms with Crippen molar-refractivity contribution < 1.29 is 26.3 Å². The van der Waals surface area contributed by atoms with Crippen LogP contribution in [0.15, 0.2) is 71.3 Å². The van der Waals surface area contributed by atoms with Crippen LogP contribution in [-0.2, 0) is 18.9 Å². The second kappa shape index (κ2) is 11.5. The van der Waals surface area contributed by atoms with Crippen molar-refractivity contribution in [3.05, 3.63) is 83.0 Å². The van der Waals surface area contributed by atoms with Crippen LogP contribution in [0.1, 0.15) is 42.4 Å². The minimum Gasteiger partial charge on any atom is -0.385 e. The van der Waals surface area contributed by atoms with Crippen molar-refractivity contribution in [2.24, 2.45) is 10.7 Å². The van der Waals surface area contributed by atoms with Gasteiger partial charge in [0, 0.05) is 38.3 Å². The summed E-state index contributed by atoms with van der Waals surface area (Å²) < 4.78 is 78.8. The molecule has 0 aliphatic heterocycles. The van der Waals surface area contributed by atoms with Crippen LogP contribution < -0.4 is 16.4 Å². The maximum absolute atomic E-state index is 13.4. The monoisotopic (exact) mass is 527 g/mol. The van der Waals surface area contributed by atoms with E-state index in [1.54, 1.807) is 4.90 Å². The van der Waals surface area contributed by atoms with Crippen LogP contribution in [0.25, 0.3) is 0 Å². The molecule has 0 spiro atoms. The smallest absolute Gasteiger partial charge is 0.385 e. The predicted octanol–water partition coefficient (Wildman–Crippen LogP) is 5.48. The highest BCUT2D eigenvalue weighted by Crippen LogP contribution is 2.37. The first-order chi connectivity index (χ1) is 17.3. The van der Waals surface area contributed by atoms with Crippen molar-refractivity contribution in [3.63, 3.8) is 0 Å². The lowest BCUT2D eigenvalue weighted by molar-refractivity contribution is -0.143. The number of nitrogens with zero attached hydrogens (tertiary/aromatic N) is 2. The Labute approximate surface area is 212 Å². The Balaban J connectivity index is 1.56. The summed E-state index contributed by atoms with van der Waals surface area (Å²) in [7, 11) is 3.68. The average molecular weight is 528 g/mol. The first-order valence-electron chi connectivity index (χ1n) is 11.8. The minimum absolute atomic E-state index is 0.0538. The van der Waals surface area contributed by atoms with E-state index < -0.39 is 23.5 Å². The van der Waals surface area contributed by atoms with Crippen molar-refractivity contribution in [1.29, 1.82) is 0 Å². The lowest BCUT2D eigenvalue weighted by Crippen LogP contribution is -2.39. The molecule has 1 saturated carbocycles. The molecule has 1 fully saturated rings. The maximum Gasteiger partial charge on any atom is 0.416 e. The molecule has 37 heavy (non-hydrogen) atoms. The van der Waals surface area contributed by atoms with Gasteiger partial charge >= 0.3 is 12.4 Å². The van der Waals surface area contributed by atoms with Crippen molar-refractivity contribution >= 4 is 5.71 Å². The standard InChI is InChI=1S/C26H31F6N5/c1-16(36-23-7-5-4-6-21(23)24(33)37(2)3)35-20-12-10-19(11-13-20)34-15-17-8-9-18(25(27,28)29)14-22(17)26(30,31)32/h4-9,14,19-20,34-35H,1,10-13,15,33H2,2-3H3/b24-21+,36-23-/t19-,20+. The molecular formula is C26H31F6N5. The summed E-state index contributed by atoms with van der Waals surface area (Å²) in [5.74, 6) is 1.05. The van der Waals surface area contributed by atoms with E-state index in [1.165, 1.54) is 0 Å². The third-order valence-corrected chi connectivity index (χ3v) is 6.34. The van der Waals surface area contributed by atoms with Crippen LogP contribution in [0.2, 0.25) is 0 Å². The first-order valence-corrected chi connectivity index (χ1v) is 11.8. The van der Waals surface area contributed by atoms with Gasteiger partial charge in [-0.15, -0.1) is 0 Å². The molecule has 0 heterocycles.